The Morgan fingerprint density at radius 2 is 1.90 bits per heavy atom. The molecular weight excluding hydrogens is 394 g/mol. The maximum Gasteiger partial charge on any atom is 0.149 e. The first-order chi connectivity index (χ1) is 10.1. The number of benzene rings is 2. The summed E-state index contributed by atoms with van der Waals surface area (Å²) in [5.74, 6) is 3.14. The van der Waals surface area contributed by atoms with Crippen LogP contribution in [0.15, 0.2) is 50.3 Å². The number of rotatable bonds is 4. The third-order valence-corrected chi connectivity index (χ3v) is 3.97. The van der Waals surface area contributed by atoms with Gasteiger partial charge in [0.25, 0.3) is 0 Å². The van der Waals surface area contributed by atoms with E-state index in [4.69, 9.17) is 11.2 Å². The van der Waals surface area contributed by atoms with E-state index in [0.29, 0.717) is 5.75 Å². The number of hydrogen-bond donors (Lipinski definition) is 0. The molecule has 0 N–H and O–H groups in total. The van der Waals surface area contributed by atoms with Crippen molar-refractivity contribution in [3.05, 3.63) is 56.5 Å². The van der Waals surface area contributed by atoms with Crippen LogP contribution in [0.25, 0.3) is 0 Å². The van der Waals surface area contributed by atoms with Gasteiger partial charge in [0.1, 0.15) is 12.4 Å². The summed E-state index contributed by atoms with van der Waals surface area (Å²) in [6.45, 7) is 2.27. The van der Waals surface area contributed by atoms with Crippen molar-refractivity contribution in [2.24, 2.45) is 4.99 Å². The van der Waals surface area contributed by atoms with Gasteiger partial charge in [-0.2, -0.15) is 0 Å². The molecular formula is C17H13Br2NO. The van der Waals surface area contributed by atoms with E-state index in [0.717, 1.165) is 25.8 Å². The number of nitrogens with zero attached hydrogens (tertiary/aromatic N) is 1. The van der Waals surface area contributed by atoms with Crippen molar-refractivity contribution in [3.63, 3.8) is 0 Å². The largest absolute Gasteiger partial charge is 0.479 e. The molecule has 0 saturated carbocycles. The zero-order chi connectivity index (χ0) is 15.2. The molecule has 106 valence electrons. The quantitative estimate of drug-likeness (QED) is 0.499. The zero-order valence-corrected chi connectivity index (χ0v) is 14.6. The van der Waals surface area contributed by atoms with Gasteiger partial charge in [0.2, 0.25) is 0 Å². The summed E-state index contributed by atoms with van der Waals surface area (Å²) in [4.78, 5) is 4.51. The number of halogens is 2. The predicted octanol–water partition coefficient (Wildman–Crippen LogP) is 5.28. The molecule has 0 unspecified atom stereocenters. The van der Waals surface area contributed by atoms with Crippen LogP contribution < -0.4 is 4.74 Å². The molecule has 0 saturated heterocycles. The Morgan fingerprint density at radius 3 is 2.52 bits per heavy atom. The molecule has 0 radical (unpaired) electrons. The smallest absolute Gasteiger partial charge is 0.149 e. The normalized spacial score (nSPS) is 10.6. The van der Waals surface area contributed by atoms with Crippen LogP contribution in [0.5, 0.6) is 5.75 Å². The third-order valence-electron chi connectivity index (χ3n) is 2.79. The van der Waals surface area contributed by atoms with E-state index < -0.39 is 0 Å². The van der Waals surface area contributed by atoms with E-state index in [1.807, 2.05) is 49.5 Å². The fourth-order valence-corrected chi connectivity index (χ4v) is 3.21. The van der Waals surface area contributed by atoms with Crippen LogP contribution in [0, 0.1) is 19.3 Å². The Labute approximate surface area is 141 Å². The average Bonchev–Trinajstić information content (AvgIpc) is 2.46. The standard InChI is InChI=1S/C17H13Br2NO/c1-3-8-21-17-14(18)9-13(10-15(17)19)11-20-16-7-5-4-6-12(16)2/h1,4-7,9-11H,8H2,2H3. The van der Waals surface area contributed by atoms with Gasteiger partial charge in [-0.3, -0.25) is 4.99 Å². The highest BCUT2D eigenvalue weighted by Gasteiger charge is 2.08. The number of terminal acetylenes is 1. The lowest BCUT2D eigenvalue weighted by Gasteiger charge is -2.08. The molecule has 0 amide bonds. The Hall–Kier alpha value is -1.57. The summed E-state index contributed by atoms with van der Waals surface area (Å²) in [5.41, 5.74) is 3.06. The Balaban J connectivity index is 2.26. The van der Waals surface area contributed by atoms with E-state index in [1.54, 1.807) is 0 Å². The Kier molecular flexibility index (Phi) is 5.60. The number of aryl methyl sites for hydroxylation is 1. The highest BCUT2D eigenvalue weighted by atomic mass is 79.9. The van der Waals surface area contributed by atoms with Crippen LogP contribution in [-0.4, -0.2) is 12.8 Å². The summed E-state index contributed by atoms with van der Waals surface area (Å²) in [6.07, 6.45) is 7.03. The lowest BCUT2D eigenvalue weighted by Crippen LogP contribution is -1.96. The lowest BCUT2D eigenvalue weighted by atomic mass is 10.2. The van der Waals surface area contributed by atoms with Gasteiger partial charge in [0.15, 0.2) is 0 Å². The van der Waals surface area contributed by atoms with E-state index in [-0.39, 0.29) is 6.61 Å². The zero-order valence-electron chi connectivity index (χ0n) is 11.4. The van der Waals surface area contributed by atoms with Gasteiger partial charge < -0.3 is 4.74 Å². The van der Waals surface area contributed by atoms with Gasteiger partial charge in [-0.1, -0.05) is 24.1 Å². The third kappa shape index (κ3) is 4.20. The topological polar surface area (TPSA) is 21.6 Å². The second kappa shape index (κ2) is 7.44. The van der Waals surface area contributed by atoms with Crippen LogP contribution in [0.3, 0.4) is 0 Å². The van der Waals surface area contributed by atoms with Crippen LogP contribution in [0.1, 0.15) is 11.1 Å². The fraction of sp³-hybridized carbons (Fsp3) is 0.118. The highest BCUT2D eigenvalue weighted by molar-refractivity contribution is 9.11. The van der Waals surface area contributed by atoms with Crippen LogP contribution in [0.4, 0.5) is 5.69 Å². The molecule has 0 aliphatic carbocycles. The van der Waals surface area contributed by atoms with E-state index in [2.05, 4.69) is 42.8 Å². The molecule has 21 heavy (non-hydrogen) atoms. The van der Waals surface area contributed by atoms with Gasteiger partial charge >= 0.3 is 0 Å². The molecule has 4 heteroatoms. The predicted molar refractivity (Wildman–Crippen MR) is 94.6 cm³/mol. The first-order valence-electron chi connectivity index (χ1n) is 6.27. The van der Waals surface area contributed by atoms with Crippen LogP contribution in [-0.2, 0) is 0 Å². The lowest BCUT2D eigenvalue weighted by molar-refractivity contribution is 0.365. The maximum absolute atomic E-state index is 5.48. The minimum absolute atomic E-state index is 0.230. The van der Waals surface area contributed by atoms with Crippen LogP contribution >= 0.6 is 31.9 Å². The molecule has 0 bridgehead atoms. The molecule has 0 aliphatic heterocycles. The van der Waals surface area contributed by atoms with E-state index in [9.17, 15) is 0 Å². The maximum atomic E-state index is 5.48. The number of aliphatic imine (C=N–C) groups is 1. The van der Waals surface area contributed by atoms with Gasteiger partial charge in [0, 0.05) is 6.21 Å². The summed E-state index contributed by atoms with van der Waals surface area (Å²) < 4.78 is 7.14. The molecule has 0 aliphatic rings. The molecule has 0 fully saturated rings. The number of ether oxygens (including phenoxy) is 1. The van der Waals surface area contributed by atoms with Crippen molar-refractivity contribution in [2.45, 2.75) is 6.92 Å². The van der Waals surface area contributed by atoms with Gasteiger partial charge in [-0.25, -0.2) is 0 Å². The minimum Gasteiger partial charge on any atom is -0.479 e. The van der Waals surface area contributed by atoms with E-state index in [1.165, 1.54) is 0 Å². The Bertz CT molecular complexity index is 694. The molecule has 2 aromatic rings. The van der Waals surface area contributed by atoms with Gasteiger partial charge in [-0.05, 0) is 68.1 Å². The molecule has 2 aromatic carbocycles. The van der Waals surface area contributed by atoms with Crippen molar-refractivity contribution in [3.8, 4) is 18.1 Å². The summed E-state index contributed by atoms with van der Waals surface area (Å²) in [6, 6.07) is 11.9. The van der Waals surface area contributed by atoms with Crippen molar-refractivity contribution in [2.75, 3.05) is 6.61 Å². The minimum atomic E-state index is 0.230. The molecule has 0 heterocycles. The second-order valence-electron chi connectivity index (χ2n) is 4.35. The molecule has 2 rings (SSSR count). The SMILES string of the molecule is C#CCOc1c(Br)cc(C=Nc2ccccc2C)cc1Br. The van der Waals surface area contributed by atoms with Crippen molar-refractivity contribution < 1.29 is 4.74 Å². The molecule has 0 aromatic heterocycles. The van der Waals surface area contributed by atoms with Crippen molar-refractivity contribution >= 4 is 43.8 Å². The van der Waals surface area contributed by atoms with Gasteiger partial charge in [0.05, 0.1) is 14.6 Å². The Morgan fingerprint density at radius 1 is 1.24 bits per heavy atom. The van der Waals surface area contributed by atoms with Crippen LogP contribution in [0.2, 0.25) is 0 Å². The molecule has 0 atom stereocenters. The fourth-order valence-electron chi connectivity index (χ4n) is 1.76. The monoisotopic (exact) mass is 405 g/mol. The molecule has 0 spiro atoms. The molecule has 2 nitrogen and oxygen atoms in total. The average molecular weight is 407 g/mol. The van der Waals surface area contributed by atoms with Crippen molar-refractivity contribution in [1.82, 2.24) is 0 Å². The van der Waals surface area contributed by atoms with Crippen molar-refractivity contribution in [1.29, 1.82) is 0 Å². The summed E-state index contributed by atoms with van der Waals surface area (Å²) >= 11 is 6.97. The number of para-hydroxylation sites is 1. The van der Waals surface area contributed by atoms with E-state index >= 15 is 0 Å². The first-order valence-corrected chi connectivity index (χ1v) is 7.85. The highest BCUT2D eigenvalue weighted by Crippen LogP contribution is 2.34. The first kappa shape index (κ1) is 15.8. The van der Waals surface area contributed by atoms with Gasteiger partial charge in [-0.15, -0.1) is 6.42 Å². The number of hydrogen-bond acceptors (Lipinski definition) is 2. The summed E-state index contributed by atoms with van der Waals surface area (Å²) in [7, 11) is 0. The summed E-state index contributed by atoms with van der Waals surface area (Å²) in [5, 5.41) is 0. The second-order valence-corrected chi connectivity index (χ2v) is 6.06.